The normalized spacial score (nSPS) is 21.9. The monoisotopic (exact) mass is 241 g/mol. The molecule has 92 valence electrons. The summed E-state index contributed by atoms with van der Waals surface area (Å²) in [4.78, 5) is 12.3. The molecule has 0 aliphatic carbocycles. The summed E-state index contributed by atoms with van der Waals surface area (Å²) in [6, 6.07) is 8.55. The zero-order chi connectivity index (χ0) is 13.2. The van der Waals surface area contributed by atoms with Crippen molar-refractivity contribution in [1.29, 1.82) is 5.26 Å². The molecule has 2 rings (SSSR count). The highest BCUT2D eigenvalue weighted by molar-refractivity contribution is 6.03. The van der Waals surface area contributed by atoms with Crippen molar-refractivity contribution < 1.29 is 4.79 Å². The number of carbonyl (C=O) groups is 1. The highest BCUT2D eigenvalue weighted by atomic mass is 16.1. The second kappa shape index (κ2) is 4.63. The lowest BCUT2D eigenvalue weighted by atomic mass is 9.96. The van der Waals surface area contributed by atoms with Crippen LogP contribution >= 0.6 is 0 Å². The molecule has 1 aromatic rings. The Morgan fingerprint density at radius 2 is 2.17 bits per heavy atom. The van der Waals surface area contributed by atoms with Crippen LogP contribution in [-0.4, -0.2) is 11.4 Å². The maximum Gasteiger partial charge on any atom is 0.203 e. The van der Waals surface area contributed by atoms with Crippen molar-refractivity contribution in [2.45, 2.75) is 25.4 Å². The number of benzene rings is 1. The Balaban J connectivity index is 2.19. The van der Waals surface area contributed by atoms with E-state index in [-0.39, 0.29) is 5.78 Å². The SMILES string of the molecule is CCC1=CCC(N)(C(=O)c2ccc(C#N)cc2)N1. The third-order valence-electron chi connectivity index (χ3n) is 3.12. The molecule has 1 aliphatic rings. The minimum atomic E-state index is -1.04. The van der Waals surface area contributed by atoms with Crippen molar-refractivity contribution in [3.05, 3.63) is 47.2 Å². The van der Waals surface area contributed by atoms with E-state index in [4.69, 9.17) is 11.0 Å². The second-order valence-electron chi connectivity index (χ2n) is 4.40. The standard InChI is InChI=1S/C14H15N3O/c1-2-12-7-8-14(16,17-12)13(18)11-5-3-10(9-15)4-6-11/h3-7,17H,2,8,16H2,1H3. The fourth-order valence-corrected chi connectivity index (χ4v) is 2.01. The molecule has 18 heavy (non-hydrogen) atoms. The van der Waals surface area contributed by atoms with Gasteiger partial charge >= 0.3 is 0 Å². The molecule has 4 heteroatoms. The number of nitrogens with two attached hydrogens (primary N) is 1. The summed E-state index contributed by atoms with van der Waals surface area (Å²) in [5.74, 6) is -0.147. The minimum absolute atomic E-state index is 0.147. The zero-order valence-electron chi connectivity index (χ0n) is 10.2. The van der Waals surface area contributed by atoms with E-state index in [2.05, 4.69) is 5.32 Å². The molecule has 0 spiro atoms. The van der Waals surface area contributed by atoms with Gasteiger partial charge in [-0.3, -0.25) is 4.79 Å². The van der Waals surface area contributed by atoms with Crippen molar-refractivity contribution in [3.8, 4) is 6.07 Å². The number of ketones is 1. The molecule has 0 amide bonds. The lowest BCUT2D eigenvalue weighted by Gasteiger charge is -2.24. The van der Waals surface area contributed by atoms with Gasteiger partial charge in [-0.25, -0.2) is 0 Å². The second-order valence-corrected chi connectivity index (χ2v) is 4.40. The Bertz CT molecular complexity index is 539. The first kappa shape index (κ1) is 12.3. The number of nitrogens with one attached hydrogen (secondary N) is 1. The molecule has 1 aliphatic heterocycles. The van der Waals surface area contributed by atoms with Gasteiger partial charge in [0.05, 0.1) is 11.6 Å². The number of nitrogens with zero attached hydrogens (tertiary/aromatic N) is 1. The third kappa shape index (κ3) is 2.13. The van der Waals surface area contributed by atoms with E-state index in [1.165, 1.54) is 0 Å². The maximum atomic E-state index is 12.3. The van der Waals surface area contributed by atoms with Gasteiger partial charge in [0.1, 0.15) is 0 Å². The van der Waals surface area contributed by atoms with Gasteiger partial charge in [-0.2, -0.15) is 5.26 Å². The Hall–Kier alpha value is -2.12. The van der Waals surface area contributed by atoms with E-state index in [0.717, 1.165) is 12.1 Å². The molecule has 1 unspecified atom stereocenters. The fraction of sp³-hybridized carbons (Fsp3) is 0.286. The average molecular weight is 241 g/mol. The molecule has 4 nitrogen and oxygen atoms in total. The van der Waals surface area contributed by atoms with Crippen molar-refractivity contribution in [1.82, 2.24) is 5.32 Å². The van der Waals surface area contributed by atoms with Gasteiger partial charge in [0.25, 0.3) is 0 Å². The molecule has 0 saturated carbocycles. The van der Waals surface area contributed by atoms with Gasteiger partial charge in [-0.05, 0) is 30.7 Å². The van der Waals surface area contributed by atoms with Crippen LogP contribution in [0.2, 0.25) is 0 Å². The van der Waals surface area contributed by atoms with Gasteiger partial charge in [0.15, 0.2) is 5.66 Å². The van der Waals surface area contributed by atoms with E-state index >= 15 is 0 Å². The van der Waals surface area contributed by atoms with E-state index in [9.17, 15) is 4.79 Å². The van der Waals surface area contributed by atoms with Crippen LogP contribution < -0.4 is 11.1 Å². The largest absolute Gasteiger partial charge is 0.364 e. The van der Waals surface area contributed by atoms with Crippen LogP contribution in [0.15, 0.2) is 36.0 Å². The Kier molecular flexibility index (Phi) is 3.17. The maximum absolute atomic E-state index is 12.3. The smallest absolute Gasteiger partial charge is 0.203 e. The third-order valence-corrected chi connectivity index (χ3v) is 3.12. The number of nitriles is 1. The van der Waals surface area contributed by atoms with Gasteiger partial charge < -0.3 is 11.1 Å². The predicted octanol–water partition coefficient (Wildman–Crippen LogP) is 1.68. The molecule has 0 radical (unpaired) electrons. The number of Topliss-reactive ketones (excluding diaryl/α,β-unsaturated/α-hetero) is 1. The van der Waals surface area contributed by atoms with Crippen molar-refractivity contribution in [2.24, 2.45) is 5.73 Å². The van der Waals surface area contributed by atoms with E-state index in [1.54, 1.807) is 24.3 Å². The molecule has 0 saturated heterocycles. The number of carbonyl (C=O) groups excluding carboxylic acids is 1. The van der Waals surface area contributed by atoms with Crippen LogP contribution in [0.25, 0.3) is 0 Å². The topological polar surface area (TPSA) is 78.9 Å². The van der Waals surface area contributed by atoms with Crippen molar-refractivity contribution in [2.75, 3.05) is 0 Å². The number of allylic oxidation sites excluding steroid dienone is 1. The molecule has 1 atom stereocenters. The number of hydrogen-bond donors (Lipinski definition) is 2. The summed E-state index contributed by atoms with van der Waals surface area (Å²) in [5.41, 5.74) is 7.11. The summed E-state index contributed by atoms with van der Waals surface area (Å²) in [5, 5.41) is 11.8. The van der Waals surface area contributed by atoms with Gasteiger partial charge in [0.2, 0.25) is 5.78 Å². The van der Waals surface area contributed by atoms with Crippen molar-refractivity contribution in [3.63, 3.8) is 0 Å². The number of hydrogen-bond acceptors (Lipinski definition) is 4. The van der Waals surface area contributed by atoms with Gasteiger partial charge in [-0.1, -0.05) is 13.0 Å². The summed E-state index contributed by atoms with van der Waals surface area (Å²) in [7, 11) is 0. The lowest BCUT2D eigenvalue weighted by Crippen LogP contribution is -2.56. The van der Waals surface area contributed by atoms with Crippen LogP contribution in [-0.2, 0) is 0 Å². The summed E-state index contributed by atoms with van der Waals surface area (Å²) >= 11 is 0. The molecular formula is C14H15N3O. The van der Waals surface area contributed by atoms with Gasteiger partial charge in [0, 0.05) is 17.7 Å². The van der Waals surface area contributed by atoms with Crippen molar-refractivity contribution >= 4 is 5.78 Å². The van der Waals surface area contributed by atoms with Crippen LogP contribution in [0, 0.1) is 11.3 Å². The van der Waals surface area contributed by atoms with Crippen LogP contribution in [0.5, 0.6) is 0 Å². The molecule has 0 aromatic heterocycles. The Morgan fingerprint density at radius 1 is 1.50 bits per heavy atom. The zero-order valence-corrected chi connectivity index (χ0v) is 10.2. The van der Waals surface area contributed by atoms with E-state index in [0.29, 0.717) is 17.5 Å². The first-order valence-corrected chi connectivity index (χ1v) is 5.90. The minimum Gasteiger partial charge on any atom is -0.364 e. The summed E-state index contributed by atoms with van der Waals surface area (Å²) in [6.07, 6.45) is 3.29. The Morgan fingerprint density at radius 3 is 2.67 bits per heavy atom. The van der Waals surface area contributed by atoms with Gasteiger partial charge in [-0.15, -0.1) is 0 Å². The molecular weight excluding hydrogens is 226 g/mol. The molecule has 0 fully saturated rings. The molecule has 1 aromatic carbocycles. The highest BCUT2D eigenvalue weighted by Crippen LogP contribution is 2.22. The number of rotatable bonds is 3. The summed E-state index contributed by atoms with van der Waals surface area (Å²) in [6.45, 7) is 2.01. The van der Waals surface area contributed by atoms with E-state index in [1.807, 2.05) is 19.1 Å². The molecule has 0 bridgehead atoms. The quantitative estimate of drug-likeness (QED) is 0.789. The first-order valence-electron chi connectivity index (χ1n) is 5.90. The highest BCUT2D eigenvalue weighted by Gasteiger charge is 2.37. The average Bonchev–Trinajstić information content (AvgIpc) is 2.81. The predicted molar refractivity (Wildman–Crippen MR) is 68.5 cm³/mol. The van der Waals surface area contributed by atoms with Crippen LogP contribution in [0.1, 0.15) is 35.7 Å². The Labute approximate surface area is 106 Å². The summed E-state index contributed by atoms with van der Waals surface area (Å²) < 4.78 is 0. The van der Waals surface area contributed by atoms with Crippen LogP contribution in [0.3, 0.4) is 0 Å². The fourth-order valence-electron chi connectivity index (χ4n) is 2.01. The van der Waals surface area contributed by atoms with Crippen LogP contribution in [0.4, 0.5) is 0 Å². The molecule has 3 N–H and O–H groups in total. The molecule has 1 heterocycles. The van der Waals surface area contributed by atoms with E-state index < -0.39 is 5.66 Å². The first-order chi connectivity index (χ1) is 8.59. The lowest BCUT2D eigenvalue weighted by molar-refractivity contribution is 0.0875.